The number of nitrogens with zero attached hydrogens (tertiary/aromatic N) is 2. The molecule has 1 saturated carbocycles. The van der Waals surface area contributed by atoms with E-state index < -0.39 is 0 Å². The van der Waals surface area contributed by atoms with Crippen molar-refractivity contribution in [1.82, 2.24) is 14.9 Å². The Balaban J connectivity index is 1.64. The second kappa shape index (κ2) is 5.60. The Morgan fingerprint density at radius 3 is 2.87 bits per heavy atom. The number of aryl methyl sites for hydroxylation is 1. The molecule has 1 spiro atoms. The Morgan fingerprint density at radius 2 is 2.13 bits per heavy atom. The number of amides is 1. The van der Waals surface area contributed by atoms with Crippen molar-refractivity contribution in [3.63, 3.8) is 0 Å². The summed E-state index contributed by atoms with van der Waals surface area (Å²) in [5.41, 5.74) is 1.63. The van der Waals surface area contributed by atoms with E-state index in [1.807, 2.05) is 31.2 Å². The molecule has 1 N–H and O–H groups in total. The summed E-state index contributed by atoms with van der Waals surface area (Å²) in [5.74, 6) is 0.817. The van der Waals surface area contributed by atoms with Gasteiger partial charge in [-0.2, -0.15) is 0 Å². The van der Waals surface area contributed by atoms with Gasteiger partial charge in [-0.3, -0.25) is 4.79 Å². The second-order valence-electron chi connectivity index (χ2n) is 6.45. The molecule has 4 rings (SSSR count). The van der Waals surface area contributed by atoms with Crippen molar-refractivity contribution < 1.29 is 9.53 Å². The summed E-state index contributed by atoms with van der Waals surface area (Å²) in [6.07, 6.45) is 5.35. The number of benzene rings is 1. The van der Waals surface area contributed by atoms with Crippen LogP contribution < -0.4 is 10.1 Å². The monoisotopic (exact) mass is 329 g/mol. The van der Waals surface area contributed by atoms with Crippen LogP contribution in [0.5, 0.6) is 5.75 Å². The SMILES string of the molecule is Cc1nnsc1C(=O)NC1CC2(CCCC2)Oc2ccccc21. The van der Waals surface area contributed by atoms with Crippen molar-refractivity contribution in [3.8, 4) is 5.75 Å². The average molecular weight is 329 g/mol. The number of carbonyl (C=O) groups is 1. The van der Waals surface area contributed by atoms with Crippen molar-refractivity contribution in [2.75, 3.05) is 0 Å². The first-order valence-corrected chi connectivity index (χ1v) is 8.82. The van der Waals surface area contributed by atoms with Gasteiger partial charge in [0.25, 0.3) is 5.91 Å². The normalized spacial score (nSPS) is 21.7. The Kier molecular flexibility index (Phi) is 3.56. The fourth-order valence-corrected chi connectivity index (χ4v) is 4.30. The minimum Gasteiger partial charge on any atom is -0.487 e. The molecular weight excluding hydrogens is 310 g/mol. The third-order valence-corrected chi connectivity index (χ3v) is 5.70. The summed E-state index contributed by atoms with van der Waals surface area (Å²) < 4.78 is 10.2. The molecule has 120 valence electrons. The van der Waals surface area contributed by atoms with Crippen LogP contribution >= 0.6 is 11.5 Å². The molecule has 1 fully saturated rings. The maximum atomic E-state index is 12.6. The minimum atomic E-state index is -0.118. The molecule has 0 saturated heterocycles. The summed E-state index contributed by atoms with van der Waals surface area (Å²) in [4.78, 5) is 13.2. The Labute approximate surface area is 139 Å². The lowest BCUT2D eigenvalue weighted by Gasteiger charge is -2.40. The van der Waals surface area contributed by atoms with Crippen molar-refractivity contribution in [2.24, 2.45) is 0 Å². The van der Waals surface area contributed by atoms with Crippen LogP contribution in [-0.2, 0) is 0 Å². The highest BCUT2D eigenvalue weighted by Crippen LogP contribution is 2.47. The van der Waals surface area contributed by atoms with E-state index in [1.54, 1.807) is 0 Å². The second-order valence-corrected chi connectivity index (χ2v) is 7.20. The van der Waals surface area contributed by atoms with Gasteiger partial charge in [0.15, 0.2) is 0 Å². The minimum absolute atomic E-state index is 0.0213. The predicted molar refractivity (Wildman–Crippen MR) is 87.7 cm³/mol. The lowest BCUT2D eigenvalue weighted by molar-refractivity contribution is 0.0361. The molecule has 1 atom stereocenters. The number of hydrogen-bond donors (Lipinski definition) is 1. The number of carbonyl (C=O) groups excluding carboxylic acids is 1. The van der Waals surface area contributed by atoms with Gasteiger partial charge in [-0.05, 0) is 50.2 Å². The van der Waals surface area contributed by atoms with Gasteiger partial charge in [-0.15, -0.1) is 5.10 Å². The highest BCUT2D eigenvalue weighted by atomic mass is 32.1. The molecule has 1 unspecified atom stereocenters. The third kappa shape index (κ3) is 2.61. The van der Waals surface area contributed by atoms with Crippen molar-refractivity contribution >= 4 is 17.4 Å². The maximum Gasteiger partial charge on any atom is 0.265 e. The number of hydrogen-bond acceptors (Lipinski definition) is 5. The summed E-state index contributed by atoms with van der Waals surface area (Å²) in [7, 11) is 0. The zero-order valence-corrected chi connectivity index (χ0v) is 13.9. The van der Waals surface area contributed by atoms with E-state index >= 15 is 0 Å². The lowest BCUT2D eigenvalue weighted by Crippen LogP contribution is -2.43. The number of fused-ring (bicyclic) bond motifs is 1. The quantitative estimate of drug-likeness (QED) is 0.917. The highest BCUT2D eigenvalue weighted by Gasteiger charge is 2.43. The first-order chi connectivity index (χ1) is 11.2. The fraction of sp³-hybridized carbons (Fsp3) is 0.471. The lowest BCUT2D eigenvalue weighted by atomic mass is 9.86. The molecule has 5 nitrogen and oxygen atoms in total. The van der Waals surface area contributed by atoms with Crippen molar-refractivity contribution in [3.05, 3.63) is 40.4 Å². The van der Waals surface area contributed by atoms with Crippen molar-refractivity contribution in [2.45, 2.75) is 50.7 Å². The Bertz CT molecular complexity index is 737. The van der Waals surface area contributed by atoms with Crippen LogP contribution in [-0.4, -0.2) is 21.1 Å². The van der Waals surface area contributed by atoms with E-state index in [0.717, 1.165) is 42.1 Å². The smallest absolute Gasteiger partial charge is 0.265 e. The molecule has 6 heteroatoms. The van der Waals surface area contributed by atoms with Gasteiger partial charge in [0.05, 0.1) is 11.7 Å². The first-order valence-electron chi connectivity index (χ1n) is 8.05. The predicted octanol–water partition coefficient (Wildman–Crippen LogP) is 3.41. The molecule has 23 heavy (non-hydrogen) atoms. The van der Waals surface area contributed by atoms with Gasteiger partial charge < -0.3 is 10.1 Å². The topological polar surface area (TPSA) is 64.1 Å². The molecule has 2 aliphatic rings. The van der Waals surface area contributed by atoms with Gasteiger partial charge in [0.1, 0.15) is 16.2 Å². The van der Waals surface area contributed by atoms with Gasteiger partial charge >= 0.3 is 0 Å². The third-order valence-electron chi connectivity index (χ3n) is 4.87. The number of aromatic nitrogens is 2. The van der Waals surface area contributed by atoms with E-state index in [2.05, 4.69) is 14.9 Å². The number of rotatable bonds is 2. The van der Waals surface area contributed by atoms with Crippen LogP contribution in [0.25, 0.3) is 0 Å². The van der Waals surface area contributed by atoms with E-state index in [1.165, 1.54) is 12.8 Å². The van der Waals surface area contributed by atoms with Gasteiger partial charge in [-0.25, -0.2) is 0 Å². The molecule has 1 aliphatic heterocycles. The van der Waals surface area contributed by atoms with Crippen LogP contribution in [0.3, 0.4) is 0 Å². The number of nitrogens with one attached hydrogen (secondary N) is 1. The zero-order chi connectivity index (χ0) is 15.9. The number of ether oxygens (including phenoxy) is 1. The van der Waals surface area contributed by atoms with E-state index in [9.17, 15) is 4.79 Å². The van der Waals surface area contributed by atoms with Gasteiger partial charge in [0, 0.05) is 12.0 Å². The molecule has 1 amide bonds. The summed E-state index contributed by atoms with van der Waals surface area (Å²) in [6, 6.07) is 8.01. The molecular formula is C17H19N3O2S. The highest BCUT2D eigenvalue weighted by molar-refractivity contribution is 7.08. The molecule has 2 heterocycles. The molecule has 0 bridgehead atoms. The van der Waals surface area contributed by atoms with Gasteiger partial charge in [0.2, 0.25) is 0 Å². The van der Waals surface area contributed by atoms with Crippen LogP contribution in [0, 0.1) is 6.92 Å². The van der Waals surface area contributed by atoms with Crippen LogP contribution in [0.1, 0.15) is 59.1 Å². The van der Waals surface area contributed by atoms with E-state index in [0.29, 0.717) is 10.6 Å². The molecule has 1 aromatic heterocycles. The van der Waals surface area contributed by atoms with E-state index in [-0.39, 0.29) is 17.6 Å². The maximum absolute atomic E-state index is 12.6. The largest absolute Gasteiger partial charge is 0.487 e. The zero-order valence-electron chi connectivity index (χ0n) is 13.0. The fourth-order valence-electron chi connectivity index (χ4n) is 3.74. The summed E-state index contributed by atoms with van der Waals surface area (Å²) >= 11 is 1.15. The van der Waals surface area contributed by atoms with Gasteiger partial charge in [-0.1, -0.05) is 22.7 Å². The van der Waals surface area contributed by atoms with E-state index in [4.69, 9.17) is 4.74 Å². The van der Waals surface area contributed by atoms with Crippen LogP contribution in [0.4, 0.5) is 0 Å². The molecule has 1 aromatic carbocycles. The average Bonchev–Trinajstić information content (AvgIpc) is 3.16. The summed E-state index contributed by atoms with van der Waals surface area (Å²) in [6.45, 7) is 1.81. The molecule has 2 aromatic rings. The van der Waals surface area contributed by atoms with Crippen LogP contribution in [0.15, 0.2) is 24.3 Å². The Hall–Kier alpha value is -1.95. The molecule has 0 radical (unpaired) electrons. The molecule has 1 aliphatic carbocycles. The summed E-state index contributed by atoms with van der Waals surface area (Å²) in [5, 5.41) is 7.11. The number of para-hydroxylation sites is 1. The Morgan fingerprint density at radius 1 is 1.35 bits per heavy atom. The van der Waals surface area contributed by atoms with Crippen molar-refractivity contribution in [1.29, 1.82) is 0 Å². The van der Waals surface area contributed by atoms with Crippen LogP contribution in [0.2, 0.25) is 0 Å². The standard InChI is InChI=1S/C17H19N3O2S/c1-11-15(23-20-19-11)16(21)18-13-10-17(8-4-5-9-17)22-14-7-3-2-6-12(13)14/h2-3,6-7,13H,4-5,8-10H2,1H3,(H,18,21). The first kappa shape index (κ1) is 14.6.